The highest BCUT2D eigenvalue weighted by molar-refractivity contribution is 5.47. The van der Waals surface area contributed by atoms with E-state index in [4.69, 9.17) is 14.2 Å². The van der Waals surface area contributed by atoms with Crippen molar-refractivity contribution < 1.29 is 14.2 Å². The molecule has 1 fully saturated rings. The Hall–Kier alpha value is -1.26. The van der Waals surface area contributed by atoms with E-state index < -0.39 is 0 Å². The maximum Gasteiger partial charge on any atom is 0.127 e. The topological polar surface area (TPSA) is 39.7 Å². The molecule has 106 valence electrons. The van der Waals surface area contributed by atoms with Crippen LogP contribution >= 0.6 is 0 Å². The molecule has 0 radical (unpaired) electrons. The lowest BCUT2D eigenvalue weighted by Gasteiger charge is -2.28. The highest BCUT2D eigenvalue weighted by atomic mass is 16.5. The van der Waals surface area contributed by atoms with E-state index in [0.29, 0.717) is 5.92 Å². The first-order valence-electron chi connectivity index (χ1n) is 6.72. The summed E-state index contributed by atoms with van der Waals surface area (Å²) in [6, 6.07) is 6.07. The number of ether oxygens (including phenoxy) is 3. The summed E-state index contributed by atoms with van der Waals surface area (Å²) in [5.74, 6) is 2.14. The van der Waals surface area contributed by atoms with Gasteiger partial charge in [-0.2, -0.15) is 0 Å². The number of nitrogens with one attached hydrogen (secondary N) is 1. The number of hydrogen-bond acceptors (Lipinski definition) is 4. The fourth-order valence-corrected chi connectivity index (χ4v) is 2.94. The molecule has 1 aliphatic heterocycles. The maximum absolute atomic E-state index is 5.70. The van der Waals surface area contributed by atoms with Crippen LogP contribution in [0.2, 0.25) is 0 Å². The average Bonchev–Trinajstić information content (AvgIpc) is 2.86. The van der Waals surface area contributed by atoms with E-state index in [1.807, 2.05) is 25.2 Å². The smallest absolute Gasteiger partial charge is 0.127 e. The minimum absolute atomic E-state index is 0.170. The van der Waals surface area contributed by atoms with Gasteiger partial charge in [-0.3, -0.25) is 0 Å². The number of methoxy groups -OCH3 is 2. The molecule has 3 unspecified atom stereocenters. The summed E-state index contributed by atoms with van der Waals surface area (Å²) in [4.78, 5) is 0. The molecule has 2 rings (SSSR count). The number of benzene rings is 1. The summed E-state index contributed by atoms with van der Waals surface area (Å²) in [7, 11) is 5.36. The fraction of sp³-hybridized carbons (Fsp3) is 0.600. The Bertz CT molecular complexity index is 400. The summed E-state index contributed by atoms with van der Waals surface area (Å²) in [5.41, 5.74) is 1.08. The monoisotopic (exact) mass is 265 g/mol. The Morgan fingerprint density at radius 3 is 2.32 bits per heavy atom. The number of hydrogen-bond donors (Lipinski definition) is 1. The third-order valence-corrected chi connectivity index (χ3v) is 3.95. The van der Waals surface area contributed by atoms with Gasteiger partial charge in [0.2, 0.25) is 0 Å². The average molecular weight is 265 g/mol. The van der Waals surface area contributed by atoms with Crippen LogP contribution in [0, 0.1) is 5.92 Å². The Balaban J connectivity index is 2.41. The molecule has 4 heteroatoms. The van der Waals surface area contributed by atoms with E-state index in [2.05, 4.69) is 12.2 Å². The van der Waals surface area contributed by atoms with E-state index >= 15 is 0 Å². The highest BCUT2D eigenvalue weighted by Gasteiger charge is 2.35. The largest absolute Gasteiger partial charge is 0.496 e. The molecule has 1 N–H and O–H groups in total. The van der Waals surface area contributed by atoms with Crippen LogP contribution in [0.25, 0.3) is 0 Å². The lowest BCUT2D eigenvalue weighted by atomic mass is 9.87. The first-order valence-corrected chi connectivity index (χ1v) is 6.72. The van der Waals surface area contributed by atoms with Crippen LogP contribution in [-0.2, 0) is 4.74 Å². The van der Waals surface area contributed by atoms with Gasteiger partial charge in [0.1, 0.15) is 11.5 Å². The Morgan fingerprint density at radius 2 is 1.89 bits per heavy atom. The third kappa shape index (κ3) is 2.69. The Labute approximate surface area is 115 Å². The molecule has 1 saturated heterocycles. The summed E-state index contributed by atoms with van der Waals surface area (Å²) in [6.07, 6.45) is 1.29. The molecule has 1 aliphatic rings. The molecule has 0 aliphatic carbocycles. The van der Waals surface area contributed by atoms with Crippen molar-refractivity contribution in [3.05, 3.63) is 23.8 Å². The molecule has 0 bridgehead atoms. The van der Waals surface area contributed by atoms with E-state index in [-0.39, 0.29) is 12.1 Å². The van der Waals surface area contributed by atoms with Crippen LogP contribution in [0.15, 0.2) is 18.2 Å². The first-order chi connectivity index (χ1) is 9.22. The van der Waals surface area contributed by atoms with Gasteiger partial charge >= 0.3 is 0 Å². The van der Waals surface area contributed by atoms with Gasteiger partial charge in [0.05, 0.1) is 25.9 Å². The van der Waals surface area contributed by atoms with Crippen LogP contribution in [0.5, 0.6) is 11.5 Å². The zero-order chi connectivity index (χ0) is 13.8. The van der Waals surface area contributed by atoms with Crippen molar-refractivity contribution in [2.24, 2.45) is 5.92 Å². The lowest BCUT2D eigenvalue weighted by molar-refractivity contribution is 0.0956. The van der Waals surface area contributed by atoms with E-state index in [0.717, 1.165) is 30.1 Å². The predicted octanol–water partition coefficient (Wildman–Crippen LogP) is 2.39. The molecule has 0 saturated carbocycles. The quantitative estimate of drug-likeness (QED) is 0.887. The van der Waals surface area contributed by atoms with Crippen LogP contribution in [0.1, 0.15) is 24.9 Å². The molecule has 4 nitrogen and oxygen atoms in total. The minimum Gasteiger partial charge on any atom is -0.496 e. The third-order valence-electron chi connectivity index (χ3n) is 3.95. The highest BCUT2D eigenvalue weighted by Crippen LogP contribution is 2.41. The molecule has 1 aromatic carbocycles. The van der Waals surface area contributed by atoms with Gasteiger partial charge in [0, 0.05) is 18.6 Å². The second kappa shape index (κ2) is 6.26. The van der Waals surface area contributed by atoms with Crippen LogP contribution in [-0.4, -0.2) is 34.0 Å². The lowest BCUT2D eigenvalue weighted by Crippen LogP contribution is -2.30. The summed E-state index contributed by atoms with van der Waals surface area (Å²) in [5, 5.41) is 3.40. The van der Waals surface area contributed by atoms with Crippen molar-refractivity contribution in [2.45, 2.75) is 25.5 Å². The van der Waals surface area contributed by atoms with Gasteiger partial charge in [-0.25, -0.2) is 0 Å². The predicted molar refractivity (Wildman–Crippen MR) is 74.9 cm³/mol. The second-order valence-corrected chi connectivity index (χ2v) is 4.87. The van der Waals surface area contributed by atoms with Gasteiger partial charge in [0.15, 0.2) is 0 Å². The second-order valence-electron chi connectivity index (χ2n) is 4.87. The molecular weight excluding hydrogens is 242 g/mol. The Kier molecular flexibility index (Phi) is 4.66. The van der Waals surface area contributed by atoms with Crippen molar-refractivity contribution in [2.75, 3.05) is 27.9 Å². The molecule has 3 atom stereocenters. The first kappa shape index (κ1) is 14.2. The Morgan fingerprint density at radius 1 is 1.26 bits per heavy atom. The molecule has 1 aromatic rings. The van der Waals surface area contributed by atoms with Gasteiger partial charge in [-0.15, -0.1) is 0 Å². The standard InChI is InChI=1S/C15H23NO3/c1-10-11(8-9-19-10)15(16-2)14-12(17-3)6-5-7-13(14)18-4/h5-7,10-11,15-16H,8-9H2,1-4H3. The normalized spacial score (nSPS) is 24.2. The number of rotatable bonds is 5. The van der Waals surface area contributed by atoms with Crippen molar-refractivity contribution in [3.63, 3.8) is 0 Å². The van der Waals surface area contributed by atoms with Crippen molar-refractivity contribution in [1.29, 1.82) is 0 Å². The van der Waals surface area contributed by atoms with Gasteiger partial charge in [-0.1, -0.05) is 6.07 Å². The zero-order valence-electron chi connectivity index (χ0n) is 12.1. The summed E-state index contributed by atoms with van der Waals surface area (Å²) >= 11 is 0. The van der Waals surface area contributed by atoms with Gasteiger partial charge < -0.3 is 19.5 Å². The summed E-state index contributed by atoms with van der Waals surface area (Å²) in [6.45, 7) is 2.95. The van der Waals surface area contributed by atoms with E-state index in [1.165, 1.54) is 0 Å². The molecule has 1 heterocycles. The fourth-order valence-electron chi connectivity index (χ4n) is 2.94. The van der Waals surface area contributed by atoms with Crippen molar-refractivity contribution in [1.82, 2.24) is 5.32 Å². The zero-order valence-corrected chi connectivity index (χ0v) is 12.1. The van der Waals surface area contributed by atoms with Crippen molar-refractivity contribution >= 4 is 0 Å². The van der Waals surface area contributed by atoms with E-state index in [1.54, 1.807) is 14.2 Å². The van der Waals surface area contributed by atoms with E-state index in [9.17, 15) is 0 Å². The van der Waals surface area contributed by atoms with Crippen LogP contribution in [0.4, 0.5) is 0 Å². The molecular formula is C15H23NO3. The molecule has 19 heavy (non-hydrogen) atoms. The molecule has 0 amide bonds. The SMILES string of the molecule is CNC(c1c(OC)cccc1OC)C1CCOC1C. The van der Waals surface area contributed by atoms with Crippen LogP contribution < -0.4 is 14.8 Å². The molecule has 0 spiro atoms. The summed E-state index contributed by atoms with van der Waals surface area (Å²) < 4.78 is 16.7. The van der Waals surface area contributed by atoms with Crippen LogP contribution in [0.3, 0.4) is 0 Å². The van der Waals surface area contributed by atoms with Crippen molar-refractivity contribution in [3.8, 4) is 11.5 Å². The minimum atomic E-state index is 0.170. The maximum atomic E-state index is 5.70. The van der Waals surface area contributed by atoms with Gasteiger partial charge in [-0.05, 0) is 32.5 Å². The van der Waals surface area contributed by atoms with Gasteiger partial charge in [0.25, 0.3) is 0 Å². The molecule has 0 aromatic heterocycles.